The molecule has 1 aromatic carbocycles. The van der Waals surface area contributed by atoms with Gasteiger partial charge in [-0.15, -0.1) is 0 Å². The van der Waals surface area contributed by atoms with Crippen molar-refractivity contribution in [2.75, 3.05) is 46.4 Å². The van der Waals surface area contributed by atoms with Gasteiger partial charge in [-0.05, 0) is 12.1 Å². The summed E-state index contributed by atoms with van der Waals surface area (Å²) in [5.74, 6) is -1.81. The maximum absolute atomic E-state index is 12.7. The number of amides is 2. The predicted octanol–water partition coefficient (Wildman–Crippen LogP) is -0.492. The normalized spacial score (nSPS) is 19.3. The van der Waals surface area contributed by atoms with Crippen LogP contribution in [0.15, 0.2) is 47.1 Å². The number of carbonyl (C=O) groups is 3. The highest BCUT2D eigenvalue weighted by Gasteiger charge is 2.26. The van der Waals surface area contributed by atoms with Gasteiger partial charge in [0.05, 0.1) is 13.2 Å². The number of hydrogen-bond acceptors (Lipinski definition) is 8. The molecule has 0 unspecified atom stereocenters. The van der Waals surface area contributed by atoms with E-state index in [0.717, 1.165) is 13.1 Å². The van der Waals surface area contributed by atoms with E-state index < -0.39 is 17.8 Å². The molecule has 0 bridgehead atoms. The quantitative estimate of drug-likeness (QED) is 0.485. The molecule has 2 saturated heterocycles. The van der Waals surface area contributed by atoms with E-state index in [0.29, 0.717) is 31.9 Å². The molecular formula is C19H23N5O5. The van der Waals surface area contributed by atoms with Crippen molar-refractivity contribution < 1.29 is 24.0 Å². The number of benzene rings is 1. The summed E-state index contributed by atoms with van der Waals surface area (Å²) < 4.78 is 5.30. The van der Waals surface area contributed by atoms with E-state index in [4.69, 9.17) is 4.74 Å². The van der Waals surface area contributed by atoms with E-state index in [9.17, 15) is 14.4 Å². The molecule has 2 aliphatic rings. The van der Waals surface area contributed by atoms with Gasteiger partial charge in [0.15, 0.2) is 0 Å². The topological polar surface area (TPSA) is 113 Å². The van der Waals surface area contributed by atoms with Gasteiger partial charge in [0.25, 0.3) is 11.8 Å². The lowest BCUT2D eigenvalue weighted by Crippen LogP contribution is -2.42. The van der Waals surface area contributed by atoms with Crippen LogP contribution in [0.25, 0.3) is 0 Å². The Labute approximate surface area is 168 Å². The zero-order chi connectivity index (χ0) is 20.6. The van der Waals surface area contributed by atoms with Crippen molar-refractivity contribution in [1.82, 2.24) is 20.8 Å². The van der Waals surface area contributed by atoms with Gasteiger partial charge in [-0.25, -0.2) is 9.79 Å². The molecule has 0 saturated carbocycles. The third-order valence-corrected chi connectivity index (χ3v) is 4.41. The molecule has 2 aliphatic heterocycles. The van der Waals surface area contributed by atoms with Crippen molar-refractivity contribution in [2.45, 2.75) is 0 Å². The highest BCUT2D eigenvalue weighted by Crippen LogP contribution is 2.09. The second-order valence-electron chi connectivity index (χ2n) is 6.45. The lowest BCUT2D eigenvalue weighted by atomic mass is 10.2. The lowest BCUT2D eigenvalue weighted by molar-refractivity contribution is -0.142. The summed E-state index contributed by atoms with van der Waals surface area (Å²) in [6.07, 6.45) is 1.23. The summed E-state index contributed by atoms with van der Waals surface area (Å²) in [7, 11) is 1.55. The highest BCUT2D eigenvalue weighted by atomic mass is 16.7. The van der Waals surface area contributed by atoms with Gasteiger partial charge in [0, 0.05) is 44.9 Å². The van der Waals surface area contributed by atoms with Crippen molar-refractivity contribution in [2.24, 2.45) is 4.99 Å². The zero-order valence-electron chi connectivity index (χ0n) is 16.1. The van der Waals surface area contributed by atoms with Gasteiger partial charge < -0.3 is 14.9 Å². The second kappa shape index (κ2) is 9.92. The Hall–Kier alpha value is -3.08. The molecule has 1 aromatic rings. The van der Waals surface area contributed by atoms with Gasteiger partial charge in [0.1, 0.15) is 11.4 Å². The predicted molar refractivity (Wildman–Crippen MR) is 104 cm³/mol. The standard InChI is InChI=1S/C19H23N5O5/c1-23-16(19(27)29-22-23)13-15(21-17(25)14-5-3-2-4-6-14)18(26)20-7-8-24-9-11-28-12-10-24/h2-6,13,22H,7-12H2,1H3,(H,20,26)/b16-13-,21-15?. The SMILES string of the molecule is CN1NOC(=O)/C1=C/C(=NC(=O)c1ccccc1)C(=O)NCCN1CCOCC1. The van der Waals surface area contributed by atoms with Gasteiger partial charge in [-0.1, -0.05) is 23.8 Å². The van der Waals surface area contributed by atoms with E-state index in [2.05, 4.69) is 25.6 Å². The minimum absolute atomic E-state index is 0.0629. The van der Waals surface area contributed by atoms with E-state index in [1.807, 2.05) is 0 Å². The number of nitrogens with zero attached hydrogens (tertiary/aromatic N) is 3. The van der Waals surface area contributed by atoms with Crippen molar-refractivity contribution >= 4 is 23.5 Å². The Morgan fingerprint density at radius 1 is 1.24 bits per heavy atom. The minimum atomic E-state index is -0.673. The summed E-state index contributed by atoms with van der Waals surface area (Å²) >= 11 is 0. The average Bonchev–Trinajstić information content (AvgIpc) is 3.06. The van der Waals surface area contributed by atoms with Crippen molar-refractivity contribution in [1.29, 1.82) is 0 Å². The summed E-state index contributed by atoms with van der Waals surface area (Å²) in [4.78, 5) is 47.8. The highest BCUT2D eigenvalue weighted by molar-refractivity contribution is 6.45. The molecule has 154 valence electrons. The summed E-state index contributed by atoms with van der Waals surface area (Å²) in [5, 5.41) is 4.05. The third kappa shape index (κ3) is 5.70. The van der Waals surface area contributed by atoms with Crippen LogP contribution in [0.1, 0.15) is 10.4 Å². The van der Waals surface area contributed by atoms with Crippen LogP contribution in [0.4, 0.5) is 0 Å². The lowest BCUT2D eigenvalue weighted by Gasteiger charge is -2.26. The molecule has 0 aromatic heterocycles. The van der Waals surface area contributed by atoms with Crippen LogP contribution < -0.4 is 10.9 Å². The van der Waals surface area contributed by atoms with Crippen molar-refractivity contribution in [3.05, 3.63) is 47.7 Å². The van der Waals surface area contributed by atoms with E-state index in [1.54, 1.807) is 37.4 Å². The molecule has 2 amide bonds. The number of likely N-dealkylation sites (N-methyl/N-ethyl adjacent to an activating group) is 1. The number of hydrogen-bond donors (Lipinski definition) is 2. The van der Waals surface area contributed by atoms with Gasteiger partial charge in [-0.2, -0.15) is 0 Å². The minimum Gasteiger partial charge on any atom is -0.379 e. The maximum atomic E-state index is 12.7. The first kappa shape index (κ1) is 20.6. The fourth-order valence-electron chi connectivity index (χ4n) is 2.78. The molecule has 10 nitrogen and oxygen atoms in total. The van der Waals surface area contributed by atoms with Crippen LogP contribution in [0, 0.1) is 0 Å². The number of ether oxygens (including phenoxy) is 1. The van der Waals surface area contributed by atoms with Crippen LogP contribution in [0.3, 0.4) is 0 Å². The Kier molecular flexibility index (Phi) is 7.06. The molecule has 29 heavy (non-hydrogen) atoms. The summed E-state index contributed by atoms with van der Waals surface area (Å²) in [6.45, 7) is 3.96. The first-order chi connectivity index (χ1) is 14.0. The molecule has 2 fully saturated rings. The monoisotopic (exact) mass is 401 g/mol. The first-order valence-corrected chi connectivity index (χ1v) is 9.23. The van der Waals surface area contributed by atoms with Gasteiger partial charge in [-0.3, -0.25) is 19.5 Å². The molecule has 0 aliphatic carbocycles. The Balaban J connectivity index is 1.73. The molecule has 0 spiro atoms. The Morgan fingerprint density at radius 2 is 1.97 bits per heavy atom. The number of nitrogens with one attached hydrogen (secondary N) is 2. The zero-order valence-corrected chi connectivity index (χ0v) is 16.1. The third-order valence-electron chi connectivity index (χ3n) is 4.41. The van der Waals surface area contributed by atoms with Crippen LogP contribution in [-0.2, 0) is 19.2 Å². The van der Waals surface area contributed by atoms with Gasteiger partial charge in [0.2, 0.25) is 0 Å². The number of rotatable bonds is 6. The number of carbonyl (C=O) groups excluding carboxylic acids is 3. The van der Waals surface area contributed by atoms with E-state index in [-0.39, 0.29) is 11.4 Å². The molecule has 3 rings (SSSR count). The molecule has 2 heterocycles. The smallest absolute Gasteiger partial charge is 0.376 e. The van der Waals surface area contributed by atoms with Crippen LogP contribution >= 0.6 is 0 Å². The van der Waals surface area contributed by atoms with Gasteiger partial charge >= 0.3 is 5.97 Å². The average molecular weight is 401 g/mol. The van der Waals surface area contributed by atoms with Crippen molar-refractivity contribution in [3.8, 4) is 0 Å². The fourth-order valence-corrected chi connectivity index (χ4v) is 2.78. The first-order valence-electron chi connectivity index (χ1n) is 9.23. The largest absolute Gasteiger partial charge is 0.379 e. The van der Waals surface area contributed by atoms with Crippen molar-refractivity contribution in [3.63, 3.8) is 0 Å². The van der Waals surface area contributed by atoms with E-state index in [1.165, 1.54) is 11.1 Å². The molecule has 2 N–H and O–H groups in total. The number of aliphatic imine (C=N–C) groups is 1. The maximum Gasteiger partial charge on any atom is 0.376 e. The van der Waals surface area contributed by atoms with Crippen LogP contribution in [0.2, 0.25) is 0 Å². The fraction of sp³-hybridized carbons (Fsp3) is 0.368. The Morgan fingerprint density at radius 3 is 2.62 bits per heavy atom. The Bertz CT molecular complexity index is 818. The molecule has 0 radical (unpaired) electrons. The number of morpholine rings is 1. The summed E-state index contributed by atoms with van der Waals surface area (Å²) in [5.41, 5.74) is 2.58. The van der Waals surface area contributed by atoms with E-state index >= 15 is 0 Å². The molecule has 0 atom stereocenters. The summed E-state index contributed by atoms with van der Waals surface area (Å²) in [6, 6.07) is 8.39. The number of hydrazine groups is 1. The molecule has 10 heteroatoms. The molecular weight excluding hydrogens is 378 g/mol. The second-order valence-corrected chi connectivity index (χ2v) is 6.45. The van der Waals surface area contributed by atoms with Crippen LogP contribution in [0.5, 0.6) is 0 Å². The van der Waals surface area contributed by atoms with Crippen LogP contribution in [-0.4, -0.2) is 79.8 Å².